The highest BCUT2D eigenvalue weighted by atomic mass is 35.5. The molecule has 232 valence electrons. The smallest absolute Gasteiger partial charge is 0.273 e. The molecule has 5 N–H and O–H groups in total. The van der Waals surface area contributed by atoms with Gasteiger partial charge in [-0.05, 0) is 37.0 Å². The molecule has 0 aliphatic carbocycles. The third-order valence-electron chi connectivity index (χ3n) is 7.99. The van der Waals surface area contributed by atoms with Gasteiger partial charge in [0.25, 0.3) is 5.91 Å². The zero-order chi connectivity index (χ0) is 30.4. The highest BCUT2D eigenvalue weighted by Crippen LogP contribution is 2.31. The molecule has 0 unspecified atom stereocenters. The number of amides is 1. The Bertz CT molecular complexity index is 1330. The molecule has 3 heterocycles. The first-order valence-corrected chi connectivity index (χ1v) is 16.8. The predicted molar refractivity (Wildman–Crippen MR) is 166 cm³/mol. The van der Waals surface area contributed by atoms with Crippen LogP contribution < -0.4 is 20.7 Å². The van der Waals surface area contributed by atoms with Crippen molar-refractivity contribution in [2.45, 2.75) is 44.3 Å². The number of anilines is 2. The highest BCUT2D eigenvalue weighted by molar-refractivity contribution is 7.88. The van der Waals surface area contributed by atoms with Crippen LogP contribution >= 0.6 is 23.2 Å². The van der Waals surface area contributed by atoms with E-state index < -0.39 is 15.9 Å². The molecular formula is C27H40Cl2N8O4S. The Hall–Kier alpha value is -2.26. The number of benzene rings is 1. The molecule has 2 aliphatic heterocycles. The van der Waals surface area contributed by atoms with Crippen molar-refractivity contribution in [2.75, 3.05) is 69.3 Å². The monoisotopic (exact) mass is 642 g/mol. The summed E-state index contributed by atoms with van der Waals surface area (Å²) in [6.07, 6.45) is 4.01. The van der Waals surface area contributed by atoms with E-state index in [9.17, 15) is 18.3 Å². The fourth-order valence-electron chi connectivity index (χ4n) is 5.83. The van der Waals surface area contributed by atoms with Crippen molar-refractivity contribution in [3.8, 4) is 0 Å². The molecule has 15 heteroatoms. The molecule has 4 rings (SSSR count). The number of rotatable bonds is 11. The molecular weight excluding hydrogens is 603 g/mol. The zero-order valence-electron chi connectivity index (χ0n) is 24.0. The number of piperazine rings is 1. The van der Waals surface area contributed by atoms with Crippen LogP contribution in [0.3, 0.4) is 0 Å². The summed E-state index contributed by atoms with van der Waals surface area (Å²) < 4.78 is 24.7. The molecule has 1 amide bonds. The first-order chi connectivity index (χ1) is 20.0. The van der Waals surface area contributed by atoms with Gasteiger partial charge in [-0.3, -0.25) is 14.6 Å². The Morgan fingerprint density at radius 1 is 1.12 bits per heavy atom. The topological polar surface area (TPSA) is 157 Å². The number of sulfonamides is 1. The van der Waals surface area contributed by atoms with E-state index in [1.165, 1.54) is 0 Å². The molecule has 42 heavy (non-hydrogen) atoms. The lowest BCUT2D eigenvalue weighted by atomic mass is 9.96. The lowest BCUT2D eigenvalue weighted by molar-refractivity contribution is 0.0356. The maximum absolute atomic E-state index is 12.6. The van der Waals surface area contributed by atoms with Gasteiger partial charge in [-0.2, -0.15) is 0 Å². The van der Waals surface area contributed by atoms with Gasteiger partial charge in [-0.15, -0.1) is 0 Å². The van der Waals surface area contributed by atoms with E-state index >= 15 is 0 Å². The number of nitrogens with two attached hydrogens (primary N) is 1. The molecule has 1 aromatic heterocycles. The van der Waals surface area contributed by atoms with Gasteiger partial charge in [-0.25, -0.2) is 23.1 Å². The van der Waals surface area contributed by atoms with Crippen molar-refractivity contribution < 1.29 is 18.3 Å². The summed E-state index contributed by atoms with van der Waals surface area (Å²) in [7, 11) is -3.36. The fraction of sp³-hybridized carbons (Fsp3) is 0.593. The van der Waals surface area contributed by atoms with Crippen molar-refractivity contribution in [3.63, 3.8) is 0 Å². The number of hydrogen-bond acceptors (Lipinski definition) is 10. The maximum Gasteiger partial charge on any atom is 0.273 e. The SMILES string of the molecule is CC[C@H]1CN(c2nc(N)c(C(=O)NCCNS(C)(=O)=O)nc2Cl)CCN1C1CCN([C@@H](CO)c2ccc(Cl)cc2)CC1. The molecule has 0 radical (unpaired) electrons. The van der Waals surface area contributed by atoms with E-state index in [0.29, 0.717) is 30.0 Å². The molecule has 2 aromatic rings. The summed E-state index contributed by atoms with van der Waals surface area (Å²) in [5, 5.41) is 13.5. The molecule has 12 nitrogen and oxygen atoms in total. The van der Waals surface area contributed by atoms with Gasteiger partial charge in [0.15, 0.2) is 22.5 Å². The number of nitrogens with one attached hydrogen (secondary N) is 2. The second kappa shape index (κ2) is 14.5. The number of aromatic nitrogens is 2. The summed E-state index contributed by atoms with van der Waals surface area (Å²) in [4.78, 5) is 28.2. The third kappa shape index (κ3) is 8.22. The van der Waals surface area contributed by atoms with Gasteiger partial charge in [0, 0.05) is 62.9 Å². The van der Waals surface area contributed by atoms with E-state index in [0.717, 1.165) is 50.7 Å². The van der Waals surface area contributed by atoms with E-state index in [4.69, 9.17) is 28.9 Å². The Labute approximate surface area is 257 Å². The minimum absolute atomic E-state index is 0.0371. The lowest BCUT2D eigenvalue weighted by Crippen LogP contribution is -2.58. The summed E-state index contributed by atoms with van der Waals surface area (Å²) in [6, 6.07) is 8.39. The molecule has 2 saturated heterocycles. The standard InChI is InChI=1S/C27H40Cl2N8O4S/c1-3-20-16-36(26-24(29)33-23(25(30)34-26)27(39)31-10-11-32-42(2,40)41)14-15-37(20)21-8-12-35(13-9-21)22(17-38)18-4-6-19(28)7-5-18/h4-7,20-22,32,38H,3,8-17H2,1-2H3,(H2,30,34)(H,31,39)/t20-,22-/m0/s1. The molecule has 1 aromatic carbocycles. The second-order valence-corrected chi connectivity index (χ2v) is 13.4. The Morgan fingerprint density at radius 2 is 1.81 bits per heavy atom. The van der Waals surface area contributed by atoms with Gasteiger partial charge in [0.1, 0.15) is 0 Å². The Balaban J connectivity index is 1.35. The van der Waals surface area contributed by atoms with Crippen LogP contribution in [0.25, 0.3) is 0 Å². The number of carbonyl (C=O) groups excluding carboxylic acids is 1. The number of aliphatic hydroxyl groups excluding tert-OH is 1. The molecule has 0 spiro atoms. The van der Waals surface area contributed by atoms with Crippen LogP contribution in [-0.2, 0) is 10.0 Å². The Kier molecular flexibility index (Phi) is 11.3. The fourth-order valence-corrected chi connectivity index (χ4v) is 6.68. The van der Waals surface area contributed by atoms with Crippen LogP contribution in [0.1, 0.15) is 48.3 Å². The second-order valence-electron chi connectivity index (χ2n) is 10.8. The van der Waals surface area contributed by atoms with Gasteiger partial charge in [-0.1, -0.05) is 42.3 Å². The van der Waals surface area contributed by atoms with Gasteiger partial charge < -0.3 is 21.1 Å². The molecule has 2 atom stereocenters. The average Bonchev–Trinajstić information content (AvgIpc) is 2.97. The first kappa shape index (κ1) is 32.6. The summed E-state index contributed by atoms with van der Waals surface area (Å²) in [5.74, 6) is -0.165. The summed E-state index contributed by atoms with van der Waals surface area (Å²) in [6.45, 7) is 6.36. The summed E-state index contributed by atoms with van der Waals surface area (Å²) in [5.41, 5.74) is 7.09. The molecule has 2 fully saturated rings. The highest BCUT2D eigenvalue weighted by Gasteiger charge is 2.35. The number of piperidine rings is 1. The summed E-state index contributed by atoms with van der Waals surface area (Å²) >= 11 is 12.6. The molecule has 0 saturated carbocycles. The van der Waals surface area contributed by atoms with Gasteiger partial charge in [0.05, 0.1) is 18.9 Å². The van der Waals surface area contributed by atoms with Crippen LogP contribution in [0.5, 0.6) is 0 Å². The lowest BCUT2D eigenvalue weighted by Gasteiger charge is -2.48. The van der Waals surface area contributed by atoms with Crippen LogP contribution in [0.2, 0.25) is 10.2 Å². The Morgan fingerprint density at radius 3 is 2.43 bits per heavy atom. The van der Waals surface area contributed by atoms with Crippen LogP contribution in [-0.4, -0.2) is 110 Å². The normalized spacial score (nSPS) is 20.0. The number of nitrogen functional groups attached to an aromatic ring is 1. The maximum atomic E-state index is 12.6. The van der Waals surface area contributed by atoms with Crippen LogP contribution in [0.15, 0.2) is 24.3 Å². The predicted octanol–water partition coefficient (Wildman–Crippen LogP) is 1.74. The van der Waals surface area contributed by atoms with Crippen molar-refractivity contribution >= 4 is 50.8 Å². The zero-order valence-corrected chi connectivity index (χ0v) is 26.3. The first-order valence-electron chi connectivity index (χ1n) is 14.2. The molecule has 2 aliphatic rings. The minimum Gasteiger partial charge on any atom is -0.394 e. The number of halogens is 2. The van der Waals surface area contributed by atoms with Crippen molar-refractivity contribution in [3.05, 3.63) is 45.7 Å². The quantitative estimate of drug-likeness (QED) is 0.266. The van der Waals surface area contributed by atoms with Gasteiger partial charge >= 0.3 is 0 Å². The largest absolute Gasteiger partial charge is 0.394 e. The van der Waals surface area contributed by atoms with E-state index in [2.05, 4.69) is 41.6 Å². The number of carbonyl (C=O) groups is 1. The minimum atomic E-state index is -3.36. The molecule has 0 bridgehead atoms. The van der Waals surface area contributed by atoms with Gasteiger partial charge in [0.2, 0.25) is 10.0 Å². The van der Waals surface area contributed by atoms with E-state index in [-0.39, 0.29) is 48.4 Å². The van der Waals surface area contributed by atoms with Crippen molar-refractivity contribution in [2.24, 2.45) is 0 Å². The number of aliphatic hydroxyl groups is 1. The van der Waals surface area contributed by atoms with E-state index in [1.54, 1.807) is 0 Å². The number of hydrogen-bond donors (Lipinski definition) is 4. The van der Waals surface area contributed by atoms with Crippen molar-refractivity contribution in [1.82, 2.24) is 29.8 Å². The number of likely N-dealkylation sites (tertiary alicyclic amines) is 1. The van der Waals surface area contributed by atoms with Crippen LogP contribution in [0, 0.1) is 0 Å². The average molecular weight is 644 g/mol. The van der Waals surface area contributed by atoms with Crippen LogP contribution in [0.4, 0.5) is 11.6 Å². The third-order valence-corrected chi connectivity index (χ3v) is 9.22. The van der Waals surface area contributed by atoms with Crippen molar-refractivity contribution in [1.29, 1.82) is 0 Å². The number of nitrogens with zero attached hydrogens (tertiary/aromatic N) is 5. The van der Waals surface area contributed by atoms with E-state index in [1.807, 2.05) is 24.3 Å².